The van der Waals surface area contributed by atoms with Crippen molar-refractivity contribution in [2.24, 2.45) is 0 Å². The molecule has 6 heteroatoms. The predicted molar refractivity (Wildman–Crippen MR) is 80.3 cm³/mol. The normalized spacial score (nSPS) is 17.0. The number of aromatic nitrogens is 1. The highest BCUT2D eigenvalue weighted by molar-refractivity contribution is 5.92. The number of rotatable bonds is 3. The minimum atomic E-state index is -0.958. The molecule has 0 saturated heterocycles. The first-order valence-corrected chi connectivity index (χ1v) is 7.73. The Morgan fingerprint density at radius 2 is 2.04 bits per heavy atom. The Balaban J connectivity index is 1.55. The van der Waals surface area contributed by atoms with E-state index >= 15 is 0 Å². The fourth-order valence-electron chi connectivity index (χ4n) is 2.98. The van der Waals surface area contributed by atoms with Gasteiger partial charge in [0, 0.05) is 25.1 Å². The molecule has 1 N–H and O–H groups in total. The van der Waals surface area contributed by atoms with Gasteiger partial charge in [-0.1, -0.05) is 11.2 Å². The van der Waals surface area contributed by atoms with Crippen LogP contribution < -0.4 is 0 Å². The van der Waals surface area contributed by atoms with E-state index in [-0.39, 0.29) is 17.2 Å². The maximum absolute atomic E-state index is 12.6. The van der Waals surface area contributed by atoms with Crippen molar-refractivity contribution in [3.63, 3.8) is 0 Å². The molecule has 2 heterocycles. The number of fused-ring (bicyclic) bond motifs is 1. The second-order valence-corrected chi connectivity index (χ2v) is 6.16. The number of aromatic carboxylic acids is 1. The van der Waals surface area contributed by atoms with Gasteiger partial charge in [-0.05, 0) is 42.5 Å². The first kappa shape index (κ1) is 14.0. The van der Waals surface area contributed by atoms with Crippen LogP contribution >= 0.6 is 0 Å². The van der Waals surface area contributed by atoms with Crippen LogP contribution in [-0.4, -0.2) is 33.6 Å². The minimum absolute atomic E-state index is 0.184. The summed E-state index contributed by atoms with van der Waals surface area (Å²) >= 11 is 0. The van der Waals surface area contributed by atoms with Crippen LogP contribution in [0.3, 0.4) is 0 Å². The zero-order valence-corrected chi connectivity index (χ0v) is 12.5. The summed E-state index contributed by atoms with van der Waals surface area (Å²) in [7, 11) is 0. The third-order valence-corrected chi connectivity index (χ3v) is 4.49. The molecule has 1 aromatic heterocycles. The fraction of sp³-hybridized carbons (Fsp3) is 0.353. The number of carboxylic acids is 1. The van der Waals surface area contributed by atoms with E-state index in [1.165, 1.54) is 0 Å². The number of hydrogen-bond acceptors (Lipinski definition) is 4. The van der Waals surface area contributed by atoms with Crippen LogP contribution in [0, 0.1) is 0 Å². The molecule has 0 atom stereocenters. The van der Waals surface area contributed by atoms with Crippen molar-refractivity contribution >= 4 is 11.9 Å². The van der Waals surface area contributed by atoms with Crippen molar-refractivity contribution in [3.8, 4) is 0 Å². The molecule has 2 aliphatic rings. The van der Waals surface area contributed by atoms with Gasteiger partial charge in [-0.3, -0.25) is 4.79 Å². The molecule has 0 bridgehead atoms. The van der Waals surface area contributed by atoms with Gasteiger partial charge in [0.05, 0.1) is 11.3 Å². The van der Waals surface area contributed by atoms with E-state index in [2.05, 4.69) is 5.16 Å². The van der Waals surface area contributed by atoms with Gasteiger partial charge < -0.3 is 14.5 Å². The molecule has 118 valence electrons. The second kappa shape index (κ2) is 5.22. The molecule has 1 aliphatic carbocycles. The van der Waals surface area contributed by atoms with Crippen molar-refractivity contribution in [1.82, 2.24) is 10.1 Å². The van der Waals surface area contributed by atoms with Gasteiger partial charge in [0.2, 0.25) is 5.76 Å². The largest absolute Gasteiger partial charge is 0.478 e. The van der Waals surface area contributed by atoms with Crippen LogP contribution in [0.15, 0.2) is 28.8 Å². The molecule has 1 aliphatic heterocycles. The number of carbonyl (C=O) groups excluding carboxylic acids is 1. The fourth-order valence-corrected chi connectivity index (χ4v) is 2.98. The smallest absolute Gasteiger partial charge is 0.335 e. The number of hydrogen-bond donors (Lipinski definition) is 1. The molecule has 2 aromatic rings. The summed E-state index contributed by atoms with van der Waals surface area (Å²) in [5, 5.41) is 13.1. The Morgan fingerprint density at radius 1 is 1.22 bits per heavy atom. The highest BCUT2D eigenvalue weighted by atomic mass is 16.5. The van der Waals surface area contributed by atoms with Gasteiger partial charge in [-0.15, -0.1) is 0 Å². The lowest BCUT2D eigenvalue weighted by Crippen LogP contribution is -2.35. The molecule has 1 amide bonds. The molecule has 0 unspecified atom stereocenters. The summed E-state index contributed by atoms with van der Waals surface area (Å²) in [6.45, 7) is 0.993. The highest BCUT2D eigenvalue weighted by Gasteiger charge is 2.30. The summed E-state index contributed by atoms with van der Waals surface area (Å²) in [5.41, 5.74) is 3.08. The van der Waals surface area contributed by atoms with Crippen LogP contribution in [-0.2, 0) is 13.0 Å². The van der Waals surface area contributed by atoms with Gasteiger partial charge in [0.15, 0.2) is 0 Å². The number of carbonyl (C=O) groups is 2. The Morgan fingerprint density at radius 3 is 2.78 bits per heavy atom. The van der Waals surface area contributed by atoms with E-state index in [1.807, 2.05) is 6.07 Å². The van der Waals surface area contributed by atoms with Crippen molar-refractivity contribution < 1.29 is 19.2 Å². The summed E-state index contributed by atoms with van der Waals surface area (Å²) in [5.74, 6) is -0.429. The maximum Gasteiger partial charge on any atom is 0.335 e. The molecule has 0 radical (unpaired) electrons. The summed E-state index contributed by atoms with van der Waals surface area (Å²) < 4.78 is 5.20. The zero-order valence-electron chi connectivity index (χ0n) is 12.5. The molecule has 1 aromatic carbocycles. The van der Waals surface area contributed by atoms with Crippen molar-refractivity contribution in [1.29, 1.82) is 0 Å². The Bertz CT molecular complexity index is 792. The van der Waals surface area contributed by atoms with Crippen molar-refractivity contribution in [3.05, 3.63) is 52.4 Å². The van der Waals surface area contributed by atoms with E-state index in [0.717, 1.165) is 29.7 Å². The first-order chi connectivity index (χ1) is 11.1. The van der Waals surface area contributed by atoms with Crippen LogP contribution in [0.1, 0.15) is 56.5 Å². The minimum Gasteiger partial charge on any atom is -0.478 e. The predicted octanol–water partition coefficient (Wildman–Crippen LogP) is 2.45. The number of nitrogens with zero attached hydrogens (tertiary/aromatic N) is 2. The topological polar surface area (TPSA) is 83.6 Å². The monoisotopic (exact) mass is 312 g/mol. The third kappa shape index (κ3) is 2.60. The Hall–Kier alpha value is -2.63. The van der Waals surface area contributed by atoms with E-state index < -0.39 is 5.97 Å². The van der Waals surface area contributed by atoms with Gasteiger partial charge >= 0.3 is 5.97 Å². The summed E-state index contributed by atoms with van der Waals surface area (Å²) in [4.78, 5) is 25.3. The first-order valence-electron chi connectivity index (χ1n) is 7.73. The summed E-state index contributed by atoms with van der Waals surface area (Å²) in [6, 6.07) is 6.83. The van der Waals surface area contributed by atoms with Crippen molar-refractivity contribution in [2.75, 3.05) is 6.54 Å². The highest BCUT2D eigenvalue weighted by Crippen LogP contribution is 2.39. The molecule has 1 fully saturated rings. The van der Waals surface area contributed by atoms with Crippen LogP contribution in [0.4, 0.5) is 0 Å². The van der Waals surface area contributed by atoms with Gasteiger partial charge in [-0.2, -0.15) is 0 Å². The van der Waals surface area contributed by atoms with E-state index in [4.69, 9.17) is 9.63 Å². The van der Waals surface area contributed by atoms with Crippen LogP contribution in [0.25, 0.3) is 0 Å². The lowest BCUT2D eigenvalue weighted by molar-refractivity contribution is 0.0692. The Labute approximate surface area is 132 Å². The molecule has 1 saturated carbocycles. The van der Waals surface area contributed by atoms with Gasteiger partial charge in [-0.25, -0.2) is 4.79 Å². The molecule has 0 spiro atoms. The lowest BCUT2D eigenvalue weighted by Gasteiger charge is -2.28. The van der Waals surface area contributed by atoms with Gasteiger partial charge in [0.1, 0.15) is 0 Å². The van der Waals surface area contributed by atoms with E-state index in [0.29, 0.717) is 25.4 Å². The number of benzene rings is 1. The molecule has 4 rings (SSSR count). The van der Waals surface area contributed by atoms with Gasteiger partial charge in [0.25, 0.3) is 5.91 Å². The van der Waals surface area contributed by atoms with Crippen molar-refractivity contribution in [2.45, 2.75) is 31.7 Å². The zero-order chi connectivity index (χ0) is 16.0. The number of carboxylic acid groups (broad SMARTS) is 1. The average Bonchev–Trinajstić information content (AvgIpc) is 3.30. The third-order valence-electron chi connectivity index (χ3n) is 4.49. The van der Waals surface area contributed by atoms with E-state index in [1.54, 1.807) is 23.1 Å². The van der Waals surface area contributed by atoms with E-state index in [9.17, 15) is 9.59 Å². The van der Waals surface area contributed by atoms with Crippen LogP contribution in [0.2, 0.25) is 0 Å². The maximum atomic E-state index is 12.6. The summed E-state index contributed by atoms with van der Waals surface area (Å²) in [6.07, 6.45) is 2.93. The quantitative estimate of drug-likeness (QED) is 0.941. The number of amides is 1. The average molecular weight is 312 g/mol. The molecule has 23 heavy (non-hydrogen) atoms. The second-order valence-electron chi connectivity index (χ2n) is 6.16. The van der Waals surface area contributed by atoms with Crippen LogP contribution in [0.5, 0.6) is 0 Å². The molecule has 6 nitrogen and oxygen atoms in total. The Kier molecular flexibility index (Phi) is 3.18. The standard InChI is InChI=1S/C17H16N2O4/c20-16(15-8-14(18-23-15)11-2-3-11)19-6-5-10-1-4-12(17(21)22)7-13(10)9-19/h1,4,7-8,11H,2-3,5-6,9H2,(H,21,22). The SMILES string of the molecule is O=C(O)c1ccc2c(c1)CN(C(=O)c1cc(C3CC3)no1)CC2. The molecular weight excluding hydrogens is 296 g/mol. The lowest BCUT2D eigenvalue weighted by atomic mass is 9.97. The molecular formula is C17H16N2O4.